The van der Waals surface area contributed by atoms with Gasteiger partial charge in [0.2, 0.25) is 5.75 Å². The average molecular weight is 347 g/mol. The minimum absolute atomic E-state index is 0.296. The Morgan fingerprint density at radius 2 is 1.92 bits per heavy atom. The van der Waals surface area contributed by atoms with Crippen LogP contribution < -0.4 is 9.47 Å². The maximum Gasteiger partial charge on any atom is 0.349 e. The molecule has 0 aliphatic carbocycles. The highest BCUT2D eigenvalue weighted by atomic mass is 19.1. The van der Waals surface area contributed by atoms with Crippen LogP contribution in [-0.2, 0) is 4.79 Å². The van der Waals surface area contributed by atoms with E-state index in [1.165, 1.54) is 0 Å². The van der Waals surface area contributed by atoms with Crippen molar-refractivity contribution >= 4 is 11.7 Å². The first-order valence-corrected chi connectivity index (χ1v) is 7.66. The number of carbonyl (C=O) groups excluding carboxylic acids is 1. The van der Waals surface area contributed by atoms with Crippen molar-refractivity contribution in [3.05, 3.63) is 63.5 Å². The van der Waals surface area contributed by atoms with E-state index in [1.807, 2.05) is 39.0 Å². The molecular formula is C18H18FNO5. The molecule has 0 aliphatic rings. The Bertz CT molecular complexity index is 804. The molecule has 2 aromatic rings. The van der Waals surface area contributed by atoms with Crippen LogP contribution in [0, 0.1) is 22.9 Å². The number of esters is 1. The lowest BCUT2D eigenvalue weighted by Crippen LogP contribution is -2.18. The molecule has 0 fully saturated rings. The van der Waals surface area contributed by atoms with E-state index in [0.29, 0.717) is 11.7 Å². The zero-order valence-electron chi connectivity index (χ0n) is 14.1. The van der Waals surface area contributed by atoms with E-state index < -0.39 is 34.8 Å². The van der Waals surface area contributed by atoms with Crippen molar-refractivity contribution in [3.8, 4) is 11.5 Å². The molecule has 0 radical (unpaired) electrons. The van der Waals surface area contributed by atoms with Crippen LogP contribution in [0.4, 0.5) is 10.1 Å². The molecule has 132 valence electrons. The molecule has 0 heterocycles. The summed E-state index contributed by atoms with van der Waals surface area (Å²) >= 11 is 0. The van der Waals surface area contributed by atoms with Gasteiger partial charge in [0.05, 0.1) is 4.92 Å². The molecule has 0 amide bonds. The number of nitro groups is 1. The third-order valence-corrected chi connectivity index (χ3v) is 3.57. The molecule has 0 N–H and O–H groups in total. The van der Waals surface area contributed by atoms with Gasteiger partial charge in [-0.25, -0.2) is 9.18 Å². The number of benzene rings is 2. The second-order valence-corrected chi connectivity index (χ2v) is 5.81. The number of nitro benzene ring substituents is 1. The topological polar surface area (TPSA) is 78.7 Å². The van der Waals surface area contributed by atoms with Crippen LogP contribution in [0.25, 0.3) is 0 Å². The number of rotatable bonds is 6. The first-order chi connectivity index (χ1) is 11.8. The molecule has 0 unspecified atom stereocenters. The minimum atomic E-state index is -0.858. The number of hydrogen-bond donors (Lipinski definition) is 0. The monoisotopic (exact) mass is 347 g/mol. The van der Waals surface area contributed by atoms with Crippen molar-refractivity contribution in [2.75, 3.05) is 6.61 Å². The number of nitrogens with zero attached hydrogens (tertiary/aromatic N) is 1. The van der Waals surface area contributed by atoms with Gasteiger partial charge in [0.15, 0.2) is 6.61 Å². The molecular weight excluding hydrogens is 329 g/mol. The third-order valence-electron chi connectivity index (χ3n) is 3.57. The maximum atomic E-state index is 13.2. The van der Waals surface area contributed by atoms with Gasteiger partial charge in [-0.05, 0) is 36.1 Å². The second-order valence-electron chi connectivity index (χ2n) is 5.81. The summed E-state index contributed by atoms with van der Waals surface area (Å²) in [6, 6.07) is 8.34. The molecule has 6 nitrogen and oxygen atoms in total. The summed E-state index contributed by atoms with van der Waals surface area (Å²) in [5.41, 5.74) is 1.40. The van der Waals surface area contributed by atoms with E-state index in [1.54, 1.807) is 0 Å². The van der Waals surface area contributed by atoms with Crippen LogP contribution in [0.5, 0.6) is 11.5 Å². The van der Waals surface area contributed by atoms with Crippen LogP contribution in [0.15, 0.2) is 36.4 Å². The molecule has 25 heavy (non-hydrogen) atoms. The van der Waals surface area contributed by atoms with E-state index in [2.05, 4.69) is 0 Å². The minimum Gasteiger partial charge on any atom is -0.482 e. The Labute approximate surface area is 144 Å². The molecule has 2 rings (SSSR count). The quantitative estimate of drug-likeness (QED) is 0.339. The number of aryl methyl sites for hydroxylation is 1. The Morgan fingerprint density at radius 3 is 2.56 bits per heavy atom. The summed E-state index contributed by atoms with van der Waals surface area (Å²) in [5.74, 6) is -1.23. The third kappa shape index (κ3) is 4.76. The van der Waals surface area contributed by atoms with Gasteiger partial charge >= 0.3 is 11.7 Å². The molecule has 0 saturated heterocycles. The Morgan fingerprint density at radius 1 is 1.20 bits per heavy atom. The molecule has 7 heteroatoms. The van der Waals surface area contributed by atoms with Crippen LogP contribution in [0.1, 0.15) is 30.9 Å². The average Bonchev–Trinajstić information content (AvgIpc) is 2.53. The molecule has 0 atom stereocenters. The summed E-state index contributed by atoms with van der Waals surface area (Å²) in [5, 5.41) is 10.9. The van der Waals surface area contributed by atoms with Crippen molar-refractivity contribution in [2.24, 2.45) is 0 Å². The van der Waals surface area contributed by atoms with Crippen molar-refractivity contribution < 1.29 is 23.6 Å². The van der Waals surface area contributed by atoms with Gasteiger partial charge in [0.1, 0.15) is 11.6 Å². The fourth-order valence-electron chi connectivity index (χ4n) is 2.14. The van der Waals surface area contributed by atoms with Crippen LogP contribution in [0.2, 0.25) is 0 Å². The van der Waals surface area contributed by atoms with Gasteiger partial charge in [-0.15, -0.1) is 0 Å². The second kappa shape index (κ2) is 7.74. The molecule has 0 spiro atoms. The number of hydrogen-bond acceptors (Lipinski definition) is 5. The van der Waals surface area contributed by atoms with Crippen LogP contribution in [-0.4, -0.2) is 17.5 Å². The van der Waals surface area contributed by atoms with Crippen molar-refractivity contribution in [1.82, 2.24) is 0 Å². The smallest absolute Gasteiger partial charge is 0.349 e. The summed E-state index contributed by atoms with van der Waals surface area (Å²) in [6.45, 7) is 5.45. The number of carbonyl (C=O) groups is 1. The summed E-state index contributed by atoms with van der Waals surface area (Å²) in [7, 11) is 0. The Hall–Kier alpha value is -2.96. The van der Waals surface area contributed by atoms with Gasteiger partial charge in [0.25, 0.3) is 0 Å². The fourth-order valence-corrected chi connectivity index (χ4v) is 2.14. The van der Waals surface area contributed by atoms with E-state index in [0.717, 1.165) is 29.3 Å². The summed E-state index contributed by atoms with van der Waals surface area (Å²) in [6.07, 6.45) is 0. The highest BCUT2D eigenvalue weighted by Crippen LogP contribution is 2.28. The largest absolute Gasteiger partial charge is 0.482 e. The fraction of sp³-hybridized carbons (Fsp3) is 0.278. The zero-order chi connectivity index (χ0) is 18.6. The first kappa shape index (κ1) is 18.4. The van der Waals surface area contributed by atoms with Gasteiger partial charge in [-0.1, -0.05) is 26.0 Å². The lowest BCUT2D eigenvalue weighted by atomic mass is 10.0. The lowest BCUT2D eigenvalue weighted by Gasteiger charge is -2.12. The first-order valence-electron chi connectivity index (χ1n) is 7.66. The van der Waals surface area contributed by atoms with E-state index in [9.17, 15) is 19.3 Å². The molecule has 0 saturated carbocycles. The lowest BCUT2D eigenvalue weighted by molar-refractivity contribution is -0.385. The maximum absolute atomic E-state index is 13.2. The number of halogens is 1. The Kier molecular flexibility index (Phi) is 5.69. The molecule has 0 bridgehead atoms. The highest BCUT2D eigenvalue weighted by Gasteiger charge is 2.19. The summed E-state index contributed by atoms with van der Waals surface area (Å²) in [4.78, 5) is 22.1. The van der Waals surface area contributed by atoms with E-state index in [-0.39, 0.29) is 0 Å². The zero-order valence-corrected chi connectivity index (χ0v) is 14.1. The molecule has 0 aliphatic heterocycles. The Balaban J connectivity index is 2.08. The van der Waals surface area contributed by atoms with Crippen LogP contribution in [0.3, 0.4) is 0 Å². The van der Waals surface area contributed by atoms with E-state index in [4.69, 9.17) is 9.47 Å². The van der Waals surface area contributed by atoms with Gasteiger partial charge < -0.3 is 9.47 Å². The van der Waals surface area contributed by atoms with Crippen LogP contribution >= 0.6 is 0 Å². The SMILES string of the molecule is Cc1ccc(C(C)C)cc1OCC(=O)Oc1cc(F)ccc1[N+](=O)[O-]. The van der Waals surface area contributed by atoms with Crippen molar-refractivity contribution in [2.45, 2.75) is 26.7 Å². The van der Waals surface area contributed by atoms with Crippen molar-refractivity contribution in [1.29, 1.82) is 0 Å². The van der Waals surface area contributed by atoms with Gasteiger partial charge in [0, 0.05) is 12.1 Å². The van der Waals surface area contributed by atoms with Crippen molar-refractivity contribution in [3.63, 3.8) is 0 Å². The number of ether oxygens (including phenoxy) is 2. The highest BCUT2D eigenvalue weighted by molar-refractivity contribution is 5.75. The standard InChI is InChI=1S/C18H18FNO5/c1-11(2)13-5-4-12(3)16(8-13)24-10-18(21)25-17-9-14(19)6-7-15(17)20(22)23/h4-9,11H,10H2,1-3H3. The predicted molar refractivity (Wildman–Crippen MR) is 89.5 cm³/mol. The van der Waals surface area contributed by atoms with Gasteiger partial charge in [-0.3, -0.25) is 10.1 Å². The van der Waals surface area contributed by atoms with E-state index >= 15 is 0 Å². The molecule has 2 aromatic carbocycles. The molecule has 0 aromatic heterocycles. The van der Waals surface area contributed by atoms with Gasteiger partial charge in [-0.2, -0.15) is 0 Å². The normalized spacial score (nSPS) is 10.6. The summed E-state index contributed by atoms with van der Waals surface area (Å²) < 4.78 is 23.6. The predicted octanol–water partition coefficient (Wildman–Crippen LogP) is 4.15.